The summed E-state index contributed by atoms with van der Waals surface area (Å²) >= 11 is 0. The summed E-state index contributed by atoms with van der Waals surface area (Å²) in [5.74, 6) is 1.77. The van der Waals surface area contributed by atoms with Crippen molar-refractivity contribution in [3.05, 3.63) is 0 Å². The summed E-state index contributed by atoms with van der Waals surface area (Å²) in [5, 5.41) is 12.6. The summed E-state index contributed by atoms with van der Waals surface area (Å²) in [4.78, 5) is 0. The van der Waals surface area contributed by atoms with Crippen LogP contribution in [-0.2, 0) is 0 Å². The molecule has 3 atom stereocenters. The second kappa shape index (κ2) is 7.14. The number of hydrogen-bond donors (Lipinski definition) is 1. The van der Waals surface area contributed by atoms with Crippen molar-refractivity contribution in [2.24, 2.45) is 17.3 Å². The van der Waals surface area contributed by atoms with Gasteiger partial charge in [-0.15, -0.1) is 0 Å². The summed E-state index contributed by atoms with van der Waals surface area (Å²) in [7, 11) is 0. The number of rotatable bonds is 6. The average molecular weight is 250 g/mol. The second-order valence-corrected chi connectivity index (χ2v) is 6.87. The SMILES string of the molecule is CC1CCC(NCCCCC(C)(C)C#N)CC1C. The monoisotopic (exact) mass is 250 g/mol. The minimum absolute atomic E-state index is 0.144. The van der Waals surface area contributed by atoms with E-state index in [0.717, 1.165) is 37.3 Å². The molecule has 0 aliphatic heterocycles. The molecule has 0 amide bonds. The largest absolute Gasteiger partial charge is 0.314 e. The van der Waals surface area contributed by atoms with Crippen LogP contribution in [0.4, 0.5) is 0 Å². The first-order valence-corrected chi connectivity index (χ1v) is 7.59. The van der Waals surface area contributed by atoms with Crippen molar-refractivity contribution >= 4 is 0 Å². The highest BCUT2D eigenvalue weighted by Gasteiger charge is 2.23. The topological polar surface area (TPSA) is 35.8 Å². The van der Waals surface area contributed by atoms with Gasteiger partial charge >= 0.3 is 0 Å². The Hall–Kier alpha value is -0.550. The first-order chi connectivity index (χ1) is 8.44. The van der Waals surface area contributed by atoms with E-state index in [9.17, 15) is 0 Å². The molecule has 1 aliphatic rings. The Balaban J connectivity index is 2.07. The van der Waals surface area contributed by atoms with Crippen LogP contribution in [0.15, 0.2) is 0 Å². The van der Waals surface area contributed by atoms with E-state index in [4.69, 9.17) is 5.26 Å². The van der Waals surface area contributed by atoms with Crippen LogP contribution in [0.1, 0.15) is 66.2 Å². The van der Waals surface area contributed by atoms with Crippen LogP contribution in [0, 0.1) is 28.6 Å². The minimum Gasteiger partial charge on any atom is -0.314 e. The molecule has 1 aliphatic carbocycles. The van der Waals surface area contributed by atoms with Crippen molar-refractivity contribution in [2.45, 2.75) is 72.3 Å². The third-order valence-corrected chi connectivity index (χ3v) is 4.56. The predicted octanol–water partition coefficient (Wildman–Crippen LogP) is 4.12. The van der Waals surface area contributed by atoms with Crippen LogP contribution in [-0.4, -0.2) is 12.6 Å². The van der Waals surface area contributed by atoms with E-state index >= 15 is 0 Å². The molecule has 0 spiro atoms. The molecule has 3 unspecified atom stereocenters. The van der Waals surface area contributed by atoms with Crippen LogP contribution < -0.4 is 5.32 Å². The second-order valence-electron chi connectivity index (χ2n) is 6.87. The molecular formula is C16H30N2. The molecule has 1 rings (SSSR count). The zero-order valence-corrected chi connectivity index (χ0v) is 12.6. The van der Waals surface area contributed by atoms with Gasteiger partial charge in [-0.2, -0.15) is 5.26 Å². The van der Waals surface area contributed by atoms with Crippen LogP contribution in [0.25, 0.3) is 0 Å². The third-order valence-electron chi connectivity index (χ3n) is 4.56. The van der Waals surface area contributed by atoms with Crippen molar-refractivity contribution < 1.29 is 0 Å². The highest BCUT2D eigenvalue weighted by Crippen LogP contribution is 2.29. The molecular weight excluding hydrogens is 220 g/mol. The van der Waals surface area contributed by atoms with E-state index in [-0.39, 0.29) is 5.41 Å². The van der Waals surface area contributed by atoms with Crippen molar-refractivity contribution in [3.63, 3.8) is 0 Å². The van der Waals surface area contributed by atoms with Crippen molar-refractivity contribution in [1.82, 2.24) is 5.32 Å². The number of hydrogen-bond acceptors (Lipinski definition) is 2. The summed E-state index contributed by atoms with van der Waals surface area (Å²) in [6.07, 6.45) is 7.43. The normalized spacial score (nSPS) is 28.9. The number of nitrogens with one attached hydrogen (secondary N) is 1. The van der Waals surface area contributed by atoms with Gasteiger partial charge in [-0.25, -0.2) is 0 Å². The standard InChI is InChI=1S/C16H30N2/c1-13-7-8-15(11-14(13)2)18-10-6-5-9-16(3,4)12-17/h13-15,18H,5-11H2,1-4H3. The molecule has 2 nitrogen and oxygen atoms in total. The van der Waals surface area contributed by atoms with Gasteiger partial charge in [0.15, 0.2) is 0 Å². The van der Waals surface area contributed by atoms with Gasteiger partial charge in [0, 0.05) is 6.04 Å². The zero-order valence-electron chi connectivity index (χ0n) is 12.6. The van der Waals surface area contributed by atoms with Gasteiger partial charge in [-0.05, 0) is 64.3 Å². The maximum atomic E-state index is 8.94. The fraction of sp³-hybridized carbons (Fsp3) is 0.938. The van der Waals surface area contributed by atoms with Gasteiger partial charge in [-0.1, -0.05) is 20.3 Å². The predicted molar refractivity (Wildman–Crippen MR) is 77.2 cm³/mol. The van der Waals surface area contributed by atoms with E-state index in [1.165, 1.54) is 25.7 Å². The summed E-state index contributed by atoms with van der Waals surface area (Å²) in [6.45, 7) is 9.95. The van der Waals surface area contributed by atoms with Gasteiger partial charge in [0.25, 0.3) is 0 Å². The lowest BCUT2D eigenvalue weighted by molar-refractivity contribution is 0.225. The summed E-state index contributed by atoms with van der Waals surface area (Å²) < 4.78 is 0. The summed E-state index contributed by atoms with van der Waals surface area (Å²) in [6, 6.07) is 3.11. The Labute approximate surface area is 113 Å². The molecule has 0 radical (unpaired) electrons. The molecule has 0 aromatic rings. The quantitative estimate of drug-likeness (QED) is 0.720. The maximum Gasteiger partial charge on any atom is 0.0683 e. The van der Waals surface area contributed by atoms with Crippen LogP contribution in [0.2, 0.25) is 0 Å². The van der Waals surface area contributed by atoms with Gasteiger partial charge in [0.1, 0.15) is 0 Å². The first-order valence-electron chi connectivity index (χ1n) is 7.59. The van der Waals surface area contributed by atoms with E-state index in [1.807, 2.05) is 13.8 Å². The van der Waals surface area contributed by atoms with Gasteiger partial charge in [0.2, 0.25) is 0 Å². The molecule has 18 heavy (non-hydrogen) atoms. The lowest BCUT2D eigenvalue weighted by atomic mass is 9.79. The number of unbranched alkanes of at least 4 members (excludes halogenated alkanes) is 1. The van der Waals surface area contributed by atoms with Crippen LogP contribution in [0.5, 0.6) is 0 Å². The molecule has 1 fully saturated rings. The smallest absolute Gasteiger partial charge is 0.0683 e. The van der Waals surface area contributed by atoms with Crippen LogP contribution >= 0.6 is 0 Å². The van der Waals surface area contributed by atoms with E-state index in [1.54, 1.807) is 0 Å². The van der Waals surface area contributed by atoms with Gasteiger partial charge < -0.3 is 5.32 Å². The molecule has 0 saturated heterocycles. The van der Waals surface area contributed by atoms with Gasteiger partial charge in [-0.3, -0.25) is 0 Å². The van der Waals surface area contributed by atoms with Crippen LogP contribution in [0.3, 0.4) is 0 Å². The highest BCUT2D eigenvalue weighted by molar-refractivity contribution is 4.91. The molecule has 1 saturated carbocycles. The van der Waals surface area contributed by atoms with Crippen molar-refractivity contribution in [2.75, 3.05) is 6.54 Å². The van der Waals surface area contributed by atoms with Crippen molar-refractivity contribution in [1.29, 1.82) is 5.26 Å². The van der Waals surface area contributed by atoms with E-state index < -0.39 is 0 Å². The maximum absolute atomic E-state index is 8.94. The van der Waals surface area contributed by atoms with Gasteiger partial charge in [0.05, 0.1) is 11.5 Å². The average Bonchev–Trinajstić information content (AvgIpc) is 2.33. The lowest BCUT2D eigenvalue weighted by Crippen LogP contribution is -2.36. The fourth-order valence-electron chi connectivity index (χ4n) is 2.79. The Morgan fingerprint density at radius 1 is 1.17 bits per heavy atom. The highest BCUT2D eigenvalue weighted by atomic mass is 14.9. The number of nitrogens with zero attached hydrogens (tertiary/aromatic N) is 1. The molecule has 0 bridgehead atoms. The Bertz CT molecular complexity index is 277. The summed E-state index contributed by atoms with van der Waals surface area (Å²) in [5.41, 5.74) is -0.144. The minimum atomic E-state index is -0.144. The number of nitriles is 1. The zero-order chi connectivity index (χ0) is 13.6. The fourth-order valence-corrected chi connectivity index (χ4v) is 2.79. The molecule has 104 valence electrons. The van der Waals surface area contributed by atoms with E-state index in [0.29, 0.717) is 0 Å². The Kier molecular flexibility index (Phi) is 6.15. The Morgan fingerprint density at radius 2 is 1.89 bits per heavy atom. The first kappa shape index (κ1) is 15.5. The van der Waals surface area contributed by atoms with Crippen molar-refractivity contribution in [3.8, 4) is 6.07 Å². The third kappa shape index (κ3) is 5.40. The molecule has 0 heterocycles. The van der Waals surface area contributed by atoms with E-state index in [2.05, 4.69) is 25.2 Å². The molecule has 1 N–H and O–H groups in total. The molecule has 2 heteroatoms. The molecule has 0 aromatic carbocycles. The molecule has 0 aromatic heterocycles. The Morgan fingerprint density at radius 3 is 2.50 bits per heavy atom. The lowest BCUT2D eigenvalue weighted by Gasteiger charge is -2.32.